The molecule has 2 aromatic carbocycles. The Morgan fingerprint density at radius 3 is 2.56 bits per heavy atom. The zero-order chi connectivity index (χ0) is 17.6. The number of benzene rings is 2. The molecule has 0 unspecified atom stereocenters. The topological polar surface area (TPSA) is 14.2 Å². The number of halogens is 1. The molecule has 0 amide bonds. The number of allylic oxidation sites excluding steroid dienone is 1. The van der Waals surface area contributed by atoms with Crippen molar-refractivity contribution in [3.05, 3.63) is 81.1 Å². The smallest absolute Gasteiger partial charge is 0.197 e. The van der Waals surface area contributed by atoms with Crippen molar-refractivity contribution in [3.8, 4) is 11.3 Å². The highest BCUT2D eigenvalue weighted by Crippen LogP contribution is 2.25. The molecule has 25 heavy (non-hydrogen) atoms. The van der Waals surface area contributed by atoms with Crippen LogP contribution in [0.5, 0.6) is 0 Å². The van der Waals surface area contributed by atoms with Crippen LogP contribution in [0.3, 0.4) is 0 Å². The van der Waals surface area contributed by atoms with Crippen LogP contribution in [0.2, 0.25) is 5.02 Å². The third-order valence-electron chi connectivity index (χ3n) is 3.82. The highest BCUT2D eigenvalue weighted by atomic mass is 35.5. The van der Waals surface area contributed by atoms with E-state index in [1.807, 2.05) is 47.8 Å². The molecule has 3 aromatic rings. The maximum absolute atomic E-state index is 5.96. The van der Waals surface area contributed by atoms with Crippen LogP contribution in [0.15, 0.2) is 66.6 Å². The maximum atomic E-state index is 5.96. The number of rotatable bonds is 7. The Bertz CT molecular complexity index is 897. The molecule has 0 aliphatic heterocycles. The van der Waals surface area contributed by atoms with E-state index in [0.717, 1.165) is 29.7 Å². The first-order valence-corrected chi connectivity index (χ1v) is 9.65. The summed E-state index contributed by atoms with van der Waals surface area (Å²) in [5.74, 6) is 0. The molecule has 1 heterocycles. The summed E-state index contributed by atoms with van der Waals surface area (Å²) in [7, 11) is 0. The Morgan fingerprint density at radius 2 is 1.84 bits per heavy atom. The van der Waals surface area contributed by atoms with Gasteiger partial charge in [-0.15, -0.1) is 11.3 Å². The van der Waals surface area contributed by atoms with Crippen LogP contribution in [0.4, 0.5) is 0 Å². The first-order chi connectivity index (χ1) is 12.1. The summed E-state index contributed by atoms with van der Waals surface area (Å²) in [6, 6.07) is 17.9. The molecule has 128 valence electrons. The second-order valence-electron chi connectivity index (χ2n) is 5.59. The Hall–Kier alpha value is -1.88. The van der Waals surface area contributed by atoms with E-state index in [4.69, 9.17) is 28.7 Å². The molecule has 0 aliphatic rings. The summed E-state index contributed by atoms with van der Waals surface area (Å²) in [6.07, 6.45) is 1.77. The monoisotopic (exact) mass is 387 g/mol. The third-order valence-corrected chi connectivity index (χ3v) is 5.24. The average molecular weight is 388 g/mol. The molecule has 0 atom stereocenters. The molecular formula is C20H18ClNOS2. The van der Waals surface area contributed by atoms with Crippen LogP contribution >= 0.6 is 35.2 Å². The number of hydrogen-bond donors (Lipinski definition) is 0. The summed E-state index contributed by atoms with van der Waals surface area (Å²) in [5, 5.41) is 2.72. The van der Waals surface area contributed by atoms with E-state index in [1.54, 1.807) is 4.73 Å². The van der Waals surface area contributed by atoms with Crippen LogP contribution < -0.4 is 4.84 Å². The van der Waals surface area contributed by atoms with Crippen molar-refractivity contribution in [2.24, 2.45) is 0 Å². The van der Waals surface area contributed by atoms with E-state index in [1.165, 1.54) is 16.9 Å². The zero-order valence-electron chi connectivity index (χ0n) is 13.7. The van der Waals surface area contributed by atoms with Gasteiger partial charge in [0.15, 0.2) is 3.95 Å². The van der Waals surface area contributed by atoms with E-state index in [9.17, 15) is 0 Å². The molecule has 0 saturated heterocycles. The van der Waals surface area contributed by atoms with Crippen molar-refractivity contribution in [1.29, 1.82) is 0 Å². The van der Waals surface area contributed by atoms with Gasteiger partial charge in [0.1, 0.15) is 6.61 Å². The van der Waals surface area contributed by atoms with E-state index in [2.05, 4.69) is 18.7 Å². The normalized spacial score (nSPS) is 10.6. The average Bonchev–Trinajstić information content (AvgIpc) is 3.00. The van der Waals surface area contributed by atoms with Gasteiger partial charge in [0.05, 0.1) is 5.69 Å². The summed E-state index contributed by atoms with van der Waals surface area (Å²) in [4.78, 5) is 5.93. The molecule has 2 nitrogen and oxygen atoms in total. The lowest BCUT2D eigenvalue weighted by atomic mass is 10.0. The van der Waals surface area contributed by atoms with Crippen LogP contribution in [-0.4, -0.2) is 11.3 Å². The first-order valence-electron chi connectivity index (χ1n) is 7.98. The van der Waals surface area contributed by atoms with Crippen molar-refractivity contribution in [3.63, 3.8) is 0 Å². The lowest BCUT2D eigenvalue weighted by Crippen LogP contribution is -2.14. The zero-order valence-corrected chi connectivity index (χ0v) is 16.0. The Balaban J connectivity index is 1.60. The van der Waals surface area contributed by atoms with Gasteiger partial charge >= 0.3 is 0 Å². The van der Waals surface area contributed by atoms with E-state index >= 15 is 0 Å². The Labute approximate surface area is 161 Å². The second kappa shape index (κ2) is 8.48. The Morgan fingerprint density at radius 1 is 1.12 bits per heavy atom. The molecule has 0 aliphatic carbocycles. The first kappa shape index (κ1) is 17.9. The minimum absolute atomic E-state index is 0.581. The summed E-state index contributed by atoms with van der Waals surface area (Å²) >= 11 is 12.8. The molecule has 0 spiro atoms. The van der Waals surface area contributed by atoms with Crippen molar-refractivity contribution in [2.75, 3.05) is 6.61 Å². The fraction of sp³-hybridized carbons (Fsp3) is 0.150. The van der Waals surface area contributed by atoms with Crippen molar-refractivity contribution in [1.82, 2.24) is 4.73 Å². The predicted molar refractivity (Wildman–Crippen MR) is 110 cm³/mol. The summed E-state index contributed by atoms with van der Waals surface area (Å²) in [5.41, 5.74) is 4.28. The van der Waals surface area contributed by atoms with Gasteiger partial charge in [-0.05, 0) is 48.3 Å². The minimum Gasteiger partial charge on any atom is -0.412 e. The standard InChI is InChI=1S/C20H18ClNOS2/c1-15(16-7-3-2-4-8-16)6-5-13-23-22-19(14-25-20(22)24)17-9-11-18(21)12-10-17/h2-4,7-12,14H,1,5-6,13H2. The summed E-state index contributed by atoms with van der Waals surface area (Å²) in [6.45, 7) is 4.74. The van der Waals surface area contributed by atoms with Gasteiger partial charge in [0.2, 0.25) is 0 Å². The SMILES string of the molecule is C=C(CCCOn1c(-c2ccc(Cl)cc2)csc1=S)c1ccccc1. The fourth-order valence-electron chi connectivity index (χ4n) is 2.49. The molecule has 0 N–H and O–H groups in total. The predicted octanol–water partition coefficient (Wildman–Crippen LogP) is 6.52. The van der Waals surface area contributed by atoms with Crippen molar-refractivity contribution in [2.45, 2.75) is 12.8 Å². The second-order valence-corrected chi connectivity index (χ2v) is 7.53. The van der Waals surface area contributed by atoms with E-state index in [0.29, 0.717) is 15.6 Å². The third kappa shape index (κ3) is 4.60. The molecule has 0 bridgehead atoms. The number of aromatic nitrogens is 1. The highest BCUT2D eigenvalue weighted by molar-refractivity contribution is 7.73. The lowest BCUT2D eigenvalue weighted by molar-refractivity contribution is 0.111. The van der Waals surface area contributed by atoms with Gasteiger partial charge in [-0.1, -0.05) is 60.6 Å². The van der Waals surface area contributed by atoms with E-state index < -0.39 is 0 Å². The molecular weight excluding hydrogens is 370 g/mol. The van der Waals surface area contributed by atoms with Crippen LogP contribution in [0.1, 0.15) is 18.4 Å². The van der Waals surface area contributed by atoms with Gasteiger partial charge in [0, 0.05) is 16.0 Å². The van der Waals surface area contributed by atoms with E-state index in [-0.39, 0.29) is 0 Å². The number of nitrogens with zero attached hydrogens (tertiary/aromatic N) is 1. The van der Waals surface area contributed by atoms with Gasteiger partial charge in [-0.2, -0.15) is 4.73 Å². The van der Waals surface area contributed by atoms with Crippen LogP contribution in [-0.2, 0) is 0 Å². The van der Waals surface area contributed by atoms with Crippen LogP contribution in [0, 0.1) is 3.95 Å². The number of hydrogen-bond acceptors (Lipinski definition) is 3. The highest BCUT2D eigenvalue weighted by Gasteiger charge is 2.08. The van der Waals surface area contributed by atoms with Crippen molar-refractivity contribution < 1.29 is 4.84 Å². The minimum atomic E-state index is 0.581. The maximum Gasteiger partial charge on any atom is 0.197 e. The largest absolute Gasteiger partial charge is 0.412 e. The molecule has 0 fully saturated rings. The molecule has 3 rings (SSSR count). The van der Waals surface area contributed by atoms with Gasteiger partial charge in [-0.3, -0.25) is 0 Å². The summed E-state index contributed by atoms with van der Waals surface area (Å²) < 4.78 is 2.43. The van der Waals surface area contributed by atoms with Crippen molar-refractivity contribution >= 4 is 40.7 Å². The molecule has 1 aromatic heterocycles. The molecule has 5 heteroatoms. The van der Waals surface area contributed by atoms with Gasteiger partial charge in [0.25, 0.3) is 0 Å². The molecule has 0 radical (unpaired) electrons. The van der Waals surface area contributed by atoms with Gasteiger partial charge < -0.3 is 4.84 Å². The quantitative estimate of drug-likeness (QED) is 0.338. The van der Waals surface area contributed by atoms with Crippen LogP contribution in [0.25, 0.3) is 16.8 Å². The lowest BCUT2D eigenvalue weighted by Gasteiger charge is -2.11. The molecule has 0 saturated carbocycles. The Kier molecular flexibility index (Phi) is 6.08. The van der Waals surface area contributed by atoms with Gasteiger partial charge in [-0.25, -0.2) is 0 Å². The number of thiazole rings is 1. The fourth-order valence-corrected chi connectivity index (χ4v) is 3.60.